The fraction of sp³-hybridized carbons (Fsp3) is 0.200. The molecule has 27 heavy (non-hydrogen) atoms. The Labute approximate surface area is 159 Å². The maximum atomic E-state index is 13.3. The number of ketones is 1. The van der Waals surface area contributed by atoms with Crippen molar-refractivity contribution in [3.63, 3.8) is 0 Å². The summed E-state index contributed by atoms with van der Waals surface area (Å²) in [4.78, 5) is 24.7. The fourth-order valence-electron chi connectivity index (χ4n) is 3.21. The zero-order valence-electron chi connectivity index (χ0n) is 15.3. The first kappa shape index (κ1) is 17.5. The fourth-order valence-corrected chi connectivity index (χ4v) is 3.95. The van der Waals surface area contributed by atoms with E-state index in [0.29, 0.717) is 22.1 Å². The van der Waals surface area contributed by atoms with Gasteiger partial charge in [-0.3, -0.25) is 14.0 Å². The third kappa shape index (κ3) is 2.94. The normalized spacial score (nSPS) is 11.4. The summed E-state index contributed by atoms with van der Waals surface area (Å²) in [6, 6.07) is 13.3. The topological polar surface area (TPSA) is 69.3 Å². The summed E-state index contributed by atoms with van der Waals surface area (Å²) in [6.07, 6.45) is 0. The highest BCUT2D eigenvalue weighted by Crippen LogP contribution is 2.24. The van der Waals surface area contributed by atoms with Gasteiger partial charge in [-0.15, -0.1) is 10.2 Å². The number of fused-ring (bicyclic) bond motifs is 3. The number of Topliss-reactive ketones (excluding diaryl/α,β-unsaturated/α-hetero) is 1. The number of rotatable bonds is 4. The Kier molecular flexibility index (Phi) is 4.31. The second kappa shape index (κ2) is 6.66. The van der Waals surface area contributed by atoms with Crippen molar-refractivity contribution in [2.45, 2.75) is 25.9 Å². The van der Waals surface area contributed by atoms with Crippen molar-refractivity contribution in [1.82, 2.24) is 19.2 Å². The van der Waals surface area contributed by atoms with Crippen LogP contribution in [0.5, 0.6) is 0 Å². The van der Waals surface area contributed by atoms with Gasteiger partial charge < -0.3 is 0 Å². The molecule has 136 valence electrons. The monoisotopic (exact) mass is 378 g/mol. The van der Waals surface area contributed by atoms with Crippen LogP contribution in [0.3, 0.4) is 0 Å². The van der Waals surface area contributed by atoms with Gasteiger partial charge in [-0.25, -0.2) is 4.57 Å². The van der Waals surface area contributed by atoms with Gasteiger partial charge in [-0.05, 0) is 44.5 Å². The molecule has 0 fully saturated rings. The molecule has 4 aromatic rings. The van der Waals surface area contributed by atoms with Crippen LogP contribution in [0.2, 0.25) is 0 Å². The lowest BCUT2D eigenvalue weighted by atomic mass is 10.1. The Balaban J connectivity index is 2.11. The number of carbonyl (C=O) groups is 1. The van der Waals surface area contributed by atoms with Crippen molar-refractivity contribution in [2.24, 2.45) is 0 Å². The number of aryl methyl sites for hydroxylation is 2. The van der Waals surface area contributed by atoms with E-state index in [4.69, 9.17) is 0 Å². The van der Waals surface area contributed by atoms with E-state index in [1.54, 1.807) is 17.6 Å². The summed E-state index contributed by atoms with van der Waals surface area (Å²) in [5.74, 6) is 0.804. The summed E-state index contributed by atoms with van der Waals surface area (Å²) in [5, 5.41) is 9.72. The summed E-state index contributed by atoms with van der Waals surface area (Å²) in [5.41, 5.74) is 3.47. The van der Waals surface area contributed by atoms with Crippen molar-refractivity contribution in [3.05, 3.63) is 63.9 Å². The molecule has 2 heterocycles. The first-order chi connectivity index (χ1) is 13.0. The Hall–Kier alpha value is -2.93. The molecule has 2 aromatic heterocycles. The number of para-hydroxylation sites is 1. The largest absolute Gasteiger partial charge is 0.299 e. The van der Waals surface area contributed by atoms with Crippen molar-refractivity contribution < 1.29 is 4.79 Å². The van der Waals surface area contributed by atoms with E-state index < -0.39 is 0 Å². The lowest BCUT2D eigenvalue weighted by molar-refractivity contribution is -0.114. The van der Waals surface area contributed by atoms with Crippen LogP contribution in [0.15, 0.2) is 52.4 Å². The molecule has 0 N–H and O–H groups in total. The Morgan fingerprint density at radius 1 is 1.11 bits per heavy atom. The van der Waals surface area contributed by atoms with Gasteiger partial charge in [0.05, 0.1) is 22.3 Å². The molecular formula is C20H18N4O2S. The molecule has 0 aliphatic heterocycles. The molecule has 0 spiro atoms. The number of hydrogen-bond donors (Lipinski definition) is 0. The van der Waals surface area contributed by atoms with E-state index in [-0.39, 0.29) is 11.3 Å². The van der Waals surface area contributed by atoms with Crippen LogP contribution in [0.1, 0.15) is 18.1 Å². The maximum Gasteiger partial charge on any atom is 0.267 e. The SMILES string of the molecule is CC(=O)CSc1nnc2n(-c3ccc(C)cc3C)c(=O)c3ccccc3n12. The van der Waals surface area contributed by atoms with Crippen LogP contribution in [0.25, 0.3) is 22.4 Å². The van der Waals surface area contributed by atoms with Crippen LogP contribution >= 0.6 is 11.8 Å². The zero-order valence-corrected chi connectivity index (χ0v) is 16.1. The summed E-state index contributed by atoms with van der Waals surface area (Å²) in [6.45, 7) is 5.53. The molecule has 2 aromatic carbocycles. The molecule has 0 aliphatic rings. The molecule has 7 heteroatoms. The van der Waals surface area contributed by atoms with E-state index in [1.165, 1.54) is 11.8 Å². The number of carbonyl (C=O) groups excluding carboxylic acids is 1. The highest BCUT2D eigenvalue weighted by molar-refractivity contribution is 7.99. The number of benzene rings is 2. The molecule has 0 aliphatic carbocycles. The minimum Gasteiger partial charge on any atom is -0.299 e. The minimum atomic E-state index is -0.138. The lowest BCUT2D eigenvalue weighted by Crippen LogP contribution is -2.22. The highest BCUT2D eigenvalue weighted by Gasteiger charge is 2.19. The van der Waals surface area contributed by atoms with Crippen LogP contribution in [0, 0.1) is 13.8 Å². The molecule has 4 rings (SSSR count). The van der Waals surface area contributed by atoms with Gasteiger partial charge in [0.1, 0.15) is 5.78 Å². The number of aromatic nitrogens is 4. The first-order valence-corrected chi connectivity index (χ1v) is 9.54. The third-order valence-electron chi connectivity index (χ3n) is 4.39. The van der Waals surface area contributed by atoms with Crippen molar-refractivity contribution in [1.29, 1.82) is 0 Å². The molecule has 0 saturated heterocycles. The van der Waals surface area contributed by atoms with Gasteiger partial charge in [-0.1, -0.05) is 41.6 Å². The maximum absolute atomic E-state index is 13.3. The summed E-state index contributed by atoms with van der Waals surface area (Å²) < 4.78 is 3.45. The molecule has 0 atom stereocenters. The number of nitrogens with zero attached hydrogens (tertiary/aromatic N) is 4. The molecular weight excluding hydrogens is 360 g/mol. The van der Waals surface area contributed by atoms with Crippen LogP contribution in [0.4, 0.5) is 0 Å². The average molecular weight is 378 g/mol. The molecule has 0 amide bonds. The Morgan fingerprint density at radius 2 is 1.89 bits per heavy atom. The van der Waals surface area contributed by atoms with Crippen LogP contribution in [-0.2, 0) is 4.79 Å². The predicted octanol–water partition coefficient (Wildman–Crippen LogP) is 3.33. The third-order valence-corrected chi connectivity index (χ3v) is 5.47. The number of hydrogen-bond acceptors (Lipinski definition) is 5. The quantitative estimate of drug-likeness (QED) is 0.510. The van der Waals surface area contributed by atoms with Crippen molar-refractivity contribution >= 4 is 34.2 Å². The first-order valence-electron chi connectivity index (χ1n) is 8.56. The summed E-state index contributed by atoms with van der Waals surface area (Å²) in [7, 11) is 0. The molecule has 0 unspecified atom stereocenters. The van der Waals surface area contributed by atoms with Gasteiger partial charge in [0.25, 0.3) is 5.56 Å². The number of thioether (sulfide) groups is 1. The van der Waals surface area contributed by atoms with E-state index in [1.807, 2.05) is 54.6 Å². The van der Waals surface area contributed by atoms with E-state index in [0.717, 1.165) is 22.3 Å². The van der Waals surface area contributed by atoms with Crippen molar-refractivity contribution in [2.75, 3.05) is 5.75 Å². The molecule has 6 nitrogen and oxygen atoms in total. The molecule has 0 saturated carbocycles. The second-order valence-electron chi connectivity index (χ2n) is 6.56. The smallest absolute Gasteiger partial charge is 0.267 e. The Bertz CT molecular complexity index is 1260. The summed E-state index contributed by atoms with van der Waals surface area (Å²) >= 11 is 1.32. The van der Waals surface area contributed by atoms with Gasteiger partial charge in [0.15, 0.2) is 5.16 Å². The van der Waals surface area contributed by atoms with Gasteiger partial charge in [0.2, 0.25) is 5.78 Å². The Morgan fingerprint density at radius 3 is 2.63 bits per heavy atom. The standard InChI is InChI=1S/C20H18N4O2S/c1-12-8-9-16(13(2)10-12)23-18(26)15-6-4-5-7-17(15)24-19(23)21-22-20(24)27-11-14(3)25/h4-10H,11H2,1-3H3. The minimum absolute atomic E-state index is 0.0590. The highest BCUT2D eigenvalue weighted by atomic mass is 32.2. The second-order valence-corrected chi connectivity index (χ2v) is 7.50. The van der Waals surface area contributed by atoms with Gasteiger partial charge >= 0.3 is 0 Å². The van der Waals surface area contributed by atoms with E-state index in [2.05, 4.69) is 10.2 Å². The van der Waals surface area contributed by atoms with E-state index >= 15 is 0 Å². The van der Waals surface area contributed by atoms with Crippen LogP contribution in [-0.4, -0.2) is 30.7 Å². The van der Waals surface area contributed by atoms with Gasteiger partial charge in [0, 0.05) is 0 Å². The lowest BCUT2D eigenvalue weighted by Gasteiger charge is -2.13. The van der Waals surface area contributed by atoms with Gasteiger partial charge in [-0.2, -0.15) is 0 Å². The van der Waals surface area contributed by atoms with E-state index in [9.17, 15) is 9.59 Å². The van der Waals surface area contributed by atoms with Crippen LogP contribution < -0.4 is 5.56 Å². The average Bonchev–Trinajstić information content (AvgIpc) is 3.05. The molecule has 0 bridgehead atoms. The predicted molar refractivity (Wildman–Crippen MR) is 107 cm³/mol. The zero-order chi connectivity index (χ0) is 19.1. The van der Waals surface area contributed by atoms with Crippen molar-refractivity contribution in [3.8, 4) is 5.69 Å². The molecule has 0 radical (unpaired) electrons.